The van der Waals surface area contributed by atoms with E-state index < -0.39 is 0 Å². The summed E-state index contributed by atoms with van der Waals surface area (Å²) in [5, 5.41) is 3.07. The molecule has 104 valence electrons. The largest absolute Gasteiger partial charge is 0.358 e. The predicted octanol–water partition coefficient (Wildman–Crippen LogP) is 4.29. The maximum Gasteiger partial charge on any atom is 0.189 e. The van der Waals surface area contributed by atoms with E-state index in [-0.39, 0.29) is 5.43 Å². The van der Waals surface area contributed by atoms with Gasteiger partial charge >= 0.3 is 0 Å². The Morgan fingerprint density at radius 2 is 1.52 bits per heavy atom. The molecule has 0 amide bonds. The van der Waals surface area contributed by atoms with Gasteiger partial charge in [0.05, 0.1) is 5.52 Å². The zero-order chi connectivity index (χ0) is 14.6. The smallest absolute Gasteiger partial charge is 0.189 e. The fraction of sp³-hybridized carbons (Fsp3) is 0.167. The molecule has 2 N–H and O–H groups in total. The van der Waals surface area contributed by atoms with Gasteiger partial charge in [0.1, 0.15) is 0 Å². The van der Waals surface area contributed by atoms with Gasteiger partial charge in [-0.15, -0.1) is 0 Å². The van der Waals surface area contributed by atoms with Crippen LogP contribution in [0.5, 0.6) is 0 Å². The normalized spacial score (nSPS) is 12.0. The van der Waals surface area contributed by atoms with E-state index in [2.05, 4.69) is 42.0 Å². The van der Waals surface area contributed by atoms with Gasteiger partial charge in [-0.1, -0.05) is 32.0 Å². The van der Waals surface area contributed by atoms with Crippen molar-refractivity contribution < 1.29 is 0 Å². The minimum atomic E-state index is 0.0769. The monoisotopic (exact) mass is 276 g/mol. The van der Waals surface area contributed by atoms with Gasteiger partial charge in [-0.2, -0.15) is 0 Å². The highest BCUT2D eigenvalue weighted by Crippen LogP contribution is 2.28. The lowest BCUT2D eigenvalue weighted by Gasteiger charge is -2.07. The molecule has 0 bridgehead atoms. The molecule has 3 nitrogen and oxygen atoms in total. The molecular formula is C18H16N2O. The van der Waals surface area contributed by atoms with Crippen LogP contribution in [0.3, 0.4) is 0 Å². The molecule has 0 atom stereocenters. The Bertz CT molecular complexity index is 1040. The lowest BCUT2D eigenvalue weighted by molar-refractivity contribution is 0.828. The van der Waals surface area contributed by atoms with Crippen LogP contribution in [-0.4, -0.2) is 9.97 Å². The van der Waals surface area contributed by atoms with Crippen LogP contribution in [-0.2, 0) is 0 Å². The molecular weight excluding hydrogens is 260 g/mol. The summed E-state index contributed by atoms with van der Waals surface area (Å²) in [6, 6.07) is 13.9. The van der Waals surface area contributed by atoms with Crippen LogP contribution in [0.15, 0.2) is 47.3 Å². The number of rotatable bonds is 1. The lowest BCUT2D eigenvalue weighted by Crippen LogP contribution is -2.06. The van der Waals surface area contributed by atoms with Crippen LogP contribution in [0.1, 0.15) is 25.5 Å². The molecule has 0 aliphatic rings. The summed E-state index contributed by atoms with van der Waals surface area (Å²) < 4.78 is 0. The maximum atomic E-state index is 12.3. The first kappa shape index (κ1) is 12.2. The molecule has 3 heteroatoms. The van der Waals surface area contributed by atoms with Crippen molar-refractivity contribution in [2.45, 2.75) is 19.8 Å². The first-order valence-electron chi connectivity index (χ1n) is 7.21. The summed E-state index contributed by atoms with van der Waals surface area (Å²) in [6.07, 6.45) is 0. The molecule has 21 heavy (non-hydrogen) atoms. The molecule has 2 heterocycles. The summed E-state index contributed by atoms with van der Waals surface area (Å²) in [6.45, 7) is 4.17. The highest BCUT2D eigenvalue weighted by Gasteiger charge is 2.09. The number of nitrogens with one attached hydrogen (secondary N) is 2. The van der Waals surface area contributed by atoms with Gasteiger partial charge in [0.25, 0.3) is 0 Å². The third-order valence-electron chi connectivity index (χ3n) is 4.10. The first-order chi connectivity index (χ1) is 10.1. The van der Waals surface area contributed by atoms with Crippen LogP contribution < -0.4 is 5.43 Å². The third-order valence-corrected chi connectivity index (χ3v) is 4.10. The SMILES string of the molecule is CC(C)c1cc(=O)c2cc3[nH]c4ccccc4c3cc2[nH]1. The second kappa shape index (κ2) is 4.22. The second-order valence-corrected chi connectivity index (χ2v) is 5.86. The standard InChI is InChI=1S/C18H16N2O/c1-10(2)15-9-18(21)13-8-16-12(7-17(13)20-15)11-5-3-4-6-14(11)19-16/h3-10,19H,1-2H3,(H,20,21). The molecule has 4 aromatic rings. The van der Waals surface area contributed by atoms with Crippen molar-refractivity contribution in [2.75, 3.05) is 0 Å². The molecule has 0 spiro atoms. The van der Waals surface area contributed by atoms with E-state index in [0.29, 0.717) is 5.92 Å². The number of para-hydroxylation sites is 1. The lowest BCUT2D eigenvalue weighted by atomic mass is 10.1. The van der Waals surface area contributed by atoms with Gasteiger partial charge in [0.2, 0.25) is 0 Å². The van der Waals surface area contributed by atoms with Crippen molar-refractivity contribution in [1.82, 2.24) is 9.97 Å². The van der Waals surface area contributed by atoms with Crippen LogP contribution in [0.4, 0.5) is 0 Å². The van der Waals surface area contributed by atoms with Gasteiger partial charge in [-0.05, 0) is 24.1 Å². The summed E-state index contributed by atoms with van der Waals surface area (Å²) >= 11 is 0. The van der Waals surface area contributed by atoms with Gasteiger partial charge in [0.15, 0.2) is 5.43 Å². The molecule has 0 saturated heterocycles. The van der Waals surface area contributed by atoms with E-state index in [4.69, 9.17) is 0 Å². The van der Waals surface area contributed by atoms with Gasteiger partial charge in [0, 0.05) is 39.0 Å². The van der Waals surface area contributed by atoms with Crippen LogP contribution in [0, 0.1) is 0 Å². The van der Waals surface area contributed by atoms with Crippen molar-refractivity contribution in [2.24, 2.45) is 0 Å². The number of pyridine rings is 1. The summed E-state index contributed by atoms with van der Waals surface area (Å²) in [5.74, 6) is 0.306. The first-order valence-corrected chi connectivity index (χ1v) is 7.21. The van der Waals surface area contributed by atoms with Crippen molar-refractivity contribution in [1.29, 1.82) is 0 Å². The highest BCUT2D eigenvalue weighted by atomic mass is 16.1. The Hall–Kier alpha value is -2.55. The van der Waals surface area contributed by atoms with E-state index >= 15 is 0 Å². The van der Waals surface area contributed by atoms with Gasteiger partial charge in [-0.25, -0.2) is 0 Å². The summed E-state index contributed by atoms with van der Waals surface area (Å²) in [7, 11) is 0. The Balaban J connectivity index is 2.17. The predicted molar refractivity (Wildman–Crippen MR) is 88.0 cm³/mol. The number of aromatic amines is 2. The molecule has 2 aromatic carbocycles. The molecule has 0 saturated carbocycles. The average Bonchev–Trinajstić information content (AvgIpc) is 2.83. The number of hydrogen-bond donors (Lipinski definition) is 2. The zero-order valence-corrected chi connectivity index (χ0v) is 12.0. The van der Waals surface area contributed by atoms with Gasteiger partial charge in [-0.3, -0.25) is 4.79 Å². The number of fused-ring (bicyclic) bond motifs is 4. The van der Waals surface area contributed by atoms with Crippen molar-refractivity contribution in [3.8, 4) is 0 Å². The molecule has 0 unspecified atom stereocenters. The molecule has 0 fully saturated rings. The fourth-order valence-corrected chi connectivity index (χ4v) is 2.93. The van der Waals surface area contributed by atoms with Crippen LogP contribution in [0.2, 0.25) is 0 Å². The average molecular weight is 276 g/mol. The fourth-order valence-electron chi connectivity index (χ4n) is 2.93. The molecule has 0 aliphatic heterocycles. The Labute approximate surface area is 121 Å². The molecule has 0 aliphatic carbocycles. The Morgan fingerprint density at radius 1 is 0.810 bits per heavy atom. The maximum absolute atomic E-state index is 12.3. The van der Waals surface area contributed by atoms with E-state index in [1.165, 1.54) is 5.39 Å². The minimum absolute atomic E-state index is 0.0769. The molecule has 4 rings (SSSR count). The van der Waals surface area contributed by atoms with E-state index in [9.17, 15) is 4.79 Å². The Kier molecular flexibility index (Phi) is 2.45. The zero-order valence-electron chi connectivity index (χ0n) is 12.0. The second-order valence-electron chi connectivity index (χ2n) is 5.86. The van der Waals surface area contributed by atoms with E-state index in [1.54, 1.807) is 6.07 Å². The number of aromatic nitrogens is 2. The van der Waals surface area contributed by atoms with Crippen molar-refractivity contribution >= 4 is 32.7 Å². The molecule has 0 radical (unpaired) electrons. The topological polar surface area (TPSA) is 48.6 Å². The third kappa shape index (κ3) is 1.77. The minimum Gasteiger partial charge on any atom is -0.358 e. The number of H-pyrrole nitrogens is 2. The van der Waals surface area contributed by atoms with Crippen LogP contribution >= 0.6 is 0 Å². The summed E-state index contributed by atoms with van der Waals surface area (Å²) in [4.78, 5) is 19.1. The quantitative estimate of drug-likeness (QED) is 0.535. The van der Waals surface area contributed by atoms with Crippen molar-refractivity contribution in [3.63, 3.8) is 0 Å². The highest BCUT2D eigenvalue weighted by molar-refractivity contribution is 6.11. The summed E-state index contributed by atoms with van der Waals surface area (Å²) in [5.41, 5.74) is 4.06. The van der Waals surface area contributed by atoms with Gasteiger partial charge < -0.3 is 9.97 Å². The van der Waals surface area contributed by atoms with Crippen molar-refractivity contribution in [3.05, 3.63) is 58.4 Å². The number of benzene rings is 2. The van der Waals surface area contributed by atoms with E-state index in [1.807, 2.05) is 18.2 Å². The molecule has 2 aromatic heterocycles. The van der Waals surface area contributed by atoms with E-state index in [0.717, 1.165) is 33.0 Å². The number of hydrogen-bond acceptors (Lipinski definition) is 1. The Morgan fingerprint density at radius 3 is 2.33 bits per heavy atom. The van der Waals surface area contributed by atoms with Crippen LogP contribution in [0.25, 0.3) is 32.7 Å².